The van der Waals surface area contributed by atoms with Crippen LogP contribution in [-0.4, -0.2) is 19.2 Å². The summed E-state index contributed by atoms with van der Waals surface area (Å²) in [4.78, 5) is 4.37. The molecule has 0 atom stereocenters. The molecule has 1 N–H and O–H groups in total. The van der Waals surface area contributed by atoms with E-state index in [1.807, 2.05) is 18.2 Å². The number of aromatic nitrogens is 1. The molecule has 0 amide bonds. The zero-order chi connectivity index (χ0) is 14.8. The van der Waals surface area contributed by atoms with Gasteiger partial charge in [0.05, 0.1) is 30.1 Å². The van der Waals surface area contributed by atoms with Gasteiger partial charge in [-0.25, -0.2) is 9.37 Å². The van der Waals surface area contributed by atoms with E-state index in [0.29, 0.717) is 22.1 Å². The van der Waals surface area contributed by atoms with Crippen molar-refractivity contribution in [2.24, 2.45) is 0 Å². The molecule has 0 radical (unpaired) electrons. The number of anilines is 2. The van der Waals surface area contributed by atoms with Gasteiger partial charge in [0, 0.05) is 12.1 Å². The van der Waals surface area contributed by atoms with Crippen molar-refractivity contribution >= 4 is 32.4 Å². The van der Waals surface area contributed by atoms with Crippen molar-refractivity contribution in [3.05, 3.63) is 42.2 Å². The highest BCUT2D eigenvalue weighted by Crippen LogP contribution is 2.34. The van der Waals surface area contributed by atoms with E-state index in [2.05, 4.69) is 10.3 Å². The van der Waals surface area contributed by atoms with Gasteiger partial charge in [-0.05, 0) is 24.3 Å². The Balaban J connectivity index is 1.97. The molecular weight excluding hydrogens is 291 g/mol. The number of thiazole rings is 1. The van der Waals surface area contributed by atoms with E-state index in [9.17, 15) is 4.39 Å². The summed E-state index contributed by atoms with van der Waals surface area (Å²) in [5.41, 5.74) is 1.38. The Hall–Kier alpha value is -2.34. The van der Waals surface area contributed by atoms with Gasteiger partial charge in [-0.3, -0.25) is 0 Å². The molecule has 0 aliphatic rings. The maximum Gasteiger partial charge on any atom is 0.188 e. The topological polar surface area (TPSA) is 43.4 Å². The smallest absolute Gasteiger partial charge is 0.188 e. The molecule has 0 aliphatic heterocycles. The summed E-state index contributed by atoms with van der Waals surface area (Å²) < 4.78 is 24.6. The molecule has 0 aliphatic carbocycles. The van der Waals surface area contributed by atoms with E-state index in [1.54, 1.807) is 20.3 Å². The van der Waals surface area contributed by atoms with Crippen LogP contribution in [0.4, 0.5) is 15.2 Å². The van der Waals surface area contributed by atoms with Gasteiger partial charge in [0.15, 0.2) is 5.13 Å². The molecule has 2 aromatic carbocycles. The summed E-state index contributed by atoms with van der Waals surface area (Å²) in [6.45, 7) is 0. The predicted octanol–water partition coefficient (Wildman–Crippen LogP) is 4.20. The van der Waals surface area contributed by atoms with Gasteiger partial charge in [-0.15, -0.1) is 0 Å². The third kappa shape index (κ3) is 2.75. The second-order valence-corrected chi connectivity index (χ2v) is 5.35. The van der Waals surface area contributed by atoms with Gasteiger partial charge in [-0.1, -0.05) is 11.3 Å². The number of benzene rings is 2. The van der Waals surface area contributed by atoms with Crippen molar-refractivity contribution in [3.8, 4) is 11.5 Å². The molecule has 6 heteroatoms. The molecule has 0 saturated carbocycles. The molecule has 4 nitrogen and oxygen atoms in total. The summed E-state index contributed by atoms with van der Waals surface area (Å²) in [6.07, 6.45) is 0. The van der Waals surface area contributed by atoms with Crippen LogP contribution >= 0.6 is 11.3 Å². The molecular formula is C15H13FN2O2S. The molecule has 21 heavy (non-hydrogen) atoms. The highest BCUT2D eigenvalue weighted by atomic mass is 32.1. The third-order valence-electron chi connectivity index (χ3n) is 3.00. The van der Waals surface area contributed by atoms with Crippen molar-refractivity contribution < 1.29 is 13.9 Å². The first-order valence-electron chi connectivity index (χ1n) is 6.25. The number of hydrogen-bond acceptors (Lipinski definition) is 5. The van der Waals surface area contributed by atoms with Gasteiger partial charge >= 0.3 is 0 Å². The molecule has 108 valence electrons. The van der Waals surface area contributed by atoms with Gasteiger partial charge in [0.1, 0.15) is 17.3 Å². The lowest BCUT2D eigenvalue weighted by Gasteiger charge is -2.10. The van der Waals surface area contributed by atoms with Crippen LogP contribution in [0.25, 0.3) is 10.2 Å². The third-order valence-corrected chi connectivity index (χ3v) is 3.95. The molecule has 0 spiro atoms. The van der Waals surface area contributed by atoms with Crippen LogP contribution in [0.3, 0.4) is 0 Å². The lowest BCUT2D eigenvalue weighted by atomic mass is 10.2. The minimum Gasteiger partial charge on any atom is -0.497 e. The number of methoxy groups -OCH3 is 2. The number of hydrogen-bond donors (Lipinski definition) is 1. The predicted molar refractivity (Wildman–Crippen MR) is 82.4 cm³/mol. The van der Waals surface area contributed by atoms with E-state index < -0.39 is 0 Å². The van der Waals surface area contributed by atoms with Crippen molar-refractivity contribution in [1.82, 2.24) is 4.98 Å². The Morgan fingerprint density at radius 3 is 2.71 bits per heavy atom. The van der Waals surface area contributed by atoms with E-state index in [4.69, 9.17) is 9.47 Å². The van der Waals surface area contributed by atoms with Crippen LogP contribution in [0.15, 0.2) is 36.4 Å². The second-order valence-electron chi connectivity index (χ2n) is 4.32. The van der Waals surface area contributed by atoms with Crippen LogP contribution in [-0.2, 0) is 0 Å². The highest BCUT2D eigenvalue weighted by molar-refractivity contribution is 7.22. The number of halogens is 1. The normalized spacial score (nSPS) is 10.6. The summed E-state index contributed by atoms with van der Waals surface area (Å²) in [5, 5.41) is 3.86. The average molecular weight is 304 g/mol. The fourth-order valence-electron chi connectivity index (χ4n) is 1.98. The fraction of sp³-hybridized carbons (Fsp3) is 0.133. The zero-order valence-electron chi connectivity index (χ0n) is 11.5. The largest absolute Gasteiger partial charge is 0.497 e. The number of fused-ring (bicyclic) bond motifs is 1. The average Bonchev–Trinajstić information content (AvgIpc) is 2.88. The first-order chi connectivity index (χ1) is 10.2. The minimum atomic E-state index is -0.293. The number of rotatable bonds is 4. The Morgan fingerprint density at radius 2 is 1.95 bits per heavy atom. The van der Waals surface area contributed by atoms with Crippen molar-refractivity contribution in [2.75, 3.05) is 19.5 Å². The van der Waals surface area contributed by atoms with Crippen LogP contribution in [0.2, 0.25) is 0 Å². The number of nitrogens with zero attached hydrogens (tertiary/aromatic N) is 1. The van der Waals surface area contributed by atoms with E-state index in [0.717, 1.165) is 10.4 Å². The number of ether oxygens (including phenoxy) is 2. The number of nitrogens with one attached hydrogen (secondary N) is 1. The van der Waals surface area contributed by atoms with Gasteiger partial charge in [-0.2, -0.15) is 0 Å². The quantitative estimate of drug-likeness (QED) is 0.784. The molecule has 3 aromatic rings. The SMILES string of the molecule is COc1ccc(OC)c(Nc2nc3cc(F)ccc3s2)c1. The molecule has 3 rings (SSSR count). The summed E-state index contributed by atoms with van der Waals surface area (Å²) in [6, 6.07) is 10.0. The van der Waals surface area contributed by atoms with Crippen molar-refractivity contribution in [3.63, 3.8) is 0 Å². The van der Waals surface area contributed by atoms with E-state index >= 15 is 0 Å². The van der Waals surface area contributed by atoms with Crippen molar-refractivity contribution in [2.45, 2.75) is 0 Å². The molecule has 0 saturated heterocycles. The lowest BCUT2D eigenvalue weighted by molar-refractivity contribution is 0.405. The Bertz CT molecular complexity index is 788. The second kappa shape index (κ2) is 5.57. The summed E-state index contributed by atoms with van der Waals surface area (Å²) in [5.74, 6) is 1.10. The van der Waals surface area contributed by atoms with Crippen LogP contribution < -0.4 is 14.8 Å². The monoisotopic (exact) mass is 304 g/mol. The first-order valence-corrected chi connectivity index (χ1v) is 7.06. The van der Waals surface area contributed by atoms with Gasteiger partial charge < -0.3 is 14.8 Å². The molecule has 1 heterocycles. The van der Waals surface area contributed by atoms with E-state index in [-0.39, 0.29) is 5.82 Å². The maximum atomic E-state index is 13.2. The Morgan fingerprint density at radius 1 is 1.10 bits per heavy atom. The van der Waals surface area contributed by atoms with Crippen LogP contribution in [0.1, 0.15) is 0 Å². The van der Waals surface area contributed by atoms with E-state index in [1.165, 1.54) is 23.5 Å². The molecule has 0 fully saturated rings. The zero-order valence-corrected chi connectivity index (χ0v) is 12.3. The lowest BCUT2D eigenvalue weighted by Crippen LogP contribution is -1.95. The van der Waals surface area contributed by atoms with Gasteiger partial charge in [0.25, 0.3) is 0 Å². The Kier molecular flexibility index (Phi) is 3.62. The maximum absolute atomic E-state index is 13.2. The molecule has 0 unspecified atom stereocenters. The van der Waals surface area contributed by atoms with Gasteiger partial charge in [0.2, 0.25) is 0 Å². The van der Waals surface area contributed by atoms with Crippen LogP contribution in [0.5, 0.6) is 11.5 Å². The summed E-state index contributed by atoms with van der Waals surface area (Å²) >= 11 is 1.45. The minimum absolute atomic E-state index is 0.293. The highest BCUT2D eigenvalue weighted by Gasteiger charge is 2.09. The standard InChI is InChI=1S/C15H13FN2O2S/c1-19-10-4-5-13(20-2)11(8-10)17-15-18-12-7-9(16)3-6-14(12)21-15/h3-8H,1-2H3,(H,17,18). The molecule has 1 aromatic heterocycles. The van der Waals surface area contributed by atoms with Crippen LogP contribution in [0, 0.1) is 5.82 Å². The fourth-order valence-corrected chi connectivity index (χ4v) is 2.84. The first kappa shape index (κ1) is 13.6. The Labute approximate surface area is 125 Å². The molecule has 0 bridgehead atoms. The van der Waals surface area contributed by atoms with Crippen molar-refractivity contribution in [1.29, 1.82) is 0 Å². The summed E-state index contributed by atoms with van der Waals surface area (Å²) in [7, 11) is 3.20.